The Labute approximate surface area is 152 Å². The molecule has 0 aliphatic rings. The van der Waals surface area contributed by atoms with Gasteiger partial charge in [0.1, 0.15) is 34.3 Å². The number of aryl methyl sites for hydroxylation is 1. The molecule has 3 aromatic heterocycles. The van der Waals surface area contributed by atoms with Gasteiger partial charge in [-0.25, -0.2) is 8.42 Å². The predicted octanol–water partition coefficient (Wildman–Crippen LogP) is 1.60. The fourth-order valence-corrected chi connectivity index (χ4v) is 4.52. The van der Waals surface area contributed by atoms with Crippen LogP contribution in [0.15, 0.2) is 35.7 Å². The van der Waals surface area contributed by atoms with Crippen molar-refractivity contribution in [1.29, 1.82) is 0 Å². The number of anilines is 1. The molecule has 10 nitrogen and oxygen atoms in total. The molecular formula is C14H14N8O2S2. The summed E-state index contributed by atoms with van der Waals surface area (Å²) in [7, 11) is -3.89. The summed E-state index contributed by atoms with van der Waals surface area (Å²) in [5.41, 5.74) is 1.93. The van der Waals surface area contributed by atoms with Crippen molar-refractivity contribution >= 4 is 38.5 Å². The Bertz CT molecular complexity index is 1180. The molecule has 0 unspecified atom stereocenters. The normalized spacial score (nSPS) is 11.9. The van der Waals surface area contributed by atoms with Crippen LogP contribution in [0.4, 0.5) is 5.69 Å². The molecule has 26 heavy (non-hydrogen) atoms. The third-order valence-corrected chi connectivity index (χ3v) is 5.85. The van der Waals surface area contributed by atoms with Crippen molar-refractivity contribution in [3.63, 3.8) is 0 Å². The number of fused-ring (bicyclic) bond motifs is 1. The zero-order chi connectivity index (χ0) is 18.3. The number of hydrogen-bond donors (Lipinski definition) is 1. The third kappa shape index (κ3) is 2.63. The molecule has 0 atom stereocenters. The second kappa shape index (κ2) is 6.14. The SMILES string of the molecule is CCn1nc(-n2cnnc2)c(NS(=O)(=O)c2cccc3nsnc23)c1C. The van der Waals surface area contributed by atoms with Gasteiger partial charge in [-0.2, -0.15) is 13.8 Å². The maximum Gasteiger partial charge on any atom is 0.264 e. The van der Waals surface area contributed by atoms with Gasteiger partial charge >= 0.3 is 0 Å². The van der Waals surface area contributed by atoms with Gasteiger partial charge in [0, 0.05) is 6.54 Å². The smallest absolute Gasteiger partial charge is 0.264 e. The predicted molar refractivity (Wildman–Crippen MR) is 95.8 cm³/mol. The highest BCUT2D eigenvalue weighted by Crippen LogP contribution is 2.29. The Morgan fingerprint density at radius 2 is 1.96 bits per heavy atom. The summed E-state index contributed by atoms with van der Waals surface area (Å²) in [5.74, 6) is 0.404. The van der Waals surface area contributed by atoms with Crippen LogP contribution in [0.1, 0.15) is 12.6 Å². The van der Waals surface area contributed by atoms with E-state index in [1.54, 1.807) is 28.3 Å². The maximum atomic E-state index is 13.0. The standard InChI is InChI=1S/C14H14N8O2S2/c1-3-22-9(2)12(14(17-22)21-7-15-16-8-21)20-26(23,24)11-6-4-5-10-13(11)19-25-18-10/h4-8,20H,3H2,1-2H3. The lowest BCUT2D eigenvalue weighted by atomic mass is 10.3. The Morgan fingerprint density at radius 1 is 1.19 bits per heavy atom. The van der Waals surface area contributed by atoms with Crippen molar-refractivity contribution in [2.75, 3.05) is 4.72 Å². The van der Waals surface area contributed by atoms with Gasteiger partial charge in [0.25, 0.3) is 10.0 Å². The first-order valence-corrected chi connectivity index (χ1v) is 9.89. The number of sulfonamides is 1. The van der Waals surface area contributed by atoms with Crippen LogP contribution < -0.4 is 4.72 Å². The van der Waals surface area contributed by atoms with Crippen molar-refractivity contribution in [3.05, 3.63) is 36.5 Å². The van der Waals surface area contributed by atoms with Gasteiger partial charge in [0.05, 0.1) is 17.4 Å². The number of rotatable bonds is 5. The van der Waals surface area contributed by atoms with Gasteiger partial charge in [-0.05, 0) is 26.0 Å². The molecule has 134 valence electrons. The Hall–Kier alpha value is -2.86. The molecule has 0 bridgehead atoms. The van der Waals surface area contributed by atoms with Crippen LogP contribution in [0.5, 0.6) is 0 Å². The number of nitrogens with zero attached hydrogens (tertiary/aromatic N) is 7. The van der Waals surface area contributed by atoms with E-state index < -0.39 is 10.0 Å². The minimum absolute atomic E-state index is 0.0714. The maximum absolute atomic E-state index is 13.0. The van der Waals surface area contributed by atoms with Crippen molar-refractivity contribution in [2.45, 2.75) is 25.3 Å². The Balaban J connectivity index is 1.84. The summed E-state index contributed by atoms with van der Waals surface area (Å²) < 4.78 is 40.2. The van der Waals surface area contributed by atoms with Crippen LogP contribution in [0, 0.1) is 6.92 Å². The van der Waals surface area contributed by atoms with Gasteiger partial charge in [-0.15, -0.1) is 10.2 Å². The second-order valence-corrected chi connectivity index (χ2v) is 7.64. The molecule has 0 aliphatic heterocycles. The fourth-order valence-electron chi connectivity index (χ4n) is 2.64. The molecule has 0 saturated heterocycles. The third-order valence-electron chi connectivity index (χ3n) is 3.93. The fraction of sp³-hybridized carbons (Fsp3) is 0.214. The lowest BCUT2D eigenvalue weighted by Gasteiger charge is -2.10. The van der Waals surface area contributed by atoms with Gasteiger partial charge in [0.15, 0.2) is 5.82 Å². The van der Waals surface area contributed by atoms with E-state index in [0.29, 0.717) is 34.8 Å². The first kappa shape index (κ1) is 16.6. The van der Waals surface area contributed by atoms with Crippen LogP contribution in [-0.4, -0.2) is 41.7 Å². The second-order valence-electron chi connectivity index (χ2n) is 5.46. The molecule has 0 spiro atoms. The van der Waals surface area contributed by atoms with Crippen LogP contribution in [-0.2, 0) is 16.6 Å². The van der Waals surface area contributed by atoms with Gasteiger partial charge in [-0.3, -0.25) is 14.0 Å². The molecular weight excluding hydrogens is 376 g/mol. The molecule has 0 amide bonds. The highest BCUT2D eigenvalue weighted by atomic mass is 32.2. The number of aromatic nitrogens is 7. The van der Waals surface area contributed by atoms with E-state index in [9.17, 15) is 8.42 Å². The van der Waals surface area contributed by atoms with E-state index >= 15 is 0 Å². The zero-order valence-electron chi connectivity index (χ0n) is 13.9. The van der Waals surface area contributed by atoms with Crippen molar-refractivity contribution in [3.8, 4) is 5.82 Å². The van der Waals surface area contributed by atoms with E-state index in [2.05, 4.69) is 28.8 Å². The highest BCUT2D eigenvalue weighted by Gasteiger charge is 2.25. The van der Waals surface area contributed by atoms with Gasteiger partial charge in [0.2, 0.25) is 0 Å². The van der Waals surface area contributed by atoms with E-state index in [4.69, 9.17) is 0 Å². The van der Waals surface area contributed by atoms with Crippen molar-refractivity contribution in [2.24, 2.45) is 0 Å². The topological polar surface area (TPSA) is 120 Å². The minimum atomic E-state index is -3.89. The molecule has 0 saturated carbocycles. The Kier molecular flexibility index (Phi) is 3.92. The van der Waals surface area contributed by atoms with Crippen LogP contribution in [0.2, 0.25) is 0 Å². The van der Waals surface area contributed by atoms with Crippen molar-refractivity contribution in [1.82, 2.24) is 33.3 Å². The summed E-state index contributed by atoms with van der Waals surface area (Å²) in [6.07, 6.45) is 2.93. The van der Waals surface area contributed by atoms with Crippen LogP contribution in [0.25, 0.3) is 16.9 Å². The number of benzene rings is 1. The van der Waals surface area contributed by atoms with Crippen molar-refractivity contribution < 1.29 is 8.42 Å². The largest absolute Gasteiger partial charge is 0.274 e. The summed E-state index contributed by atoms with van der Waals surface area (Å²) >= 11 is 0.972. The van der Waals surface area contributed by atoms with E-state index in [1.165, 1.54) is 18.7 Å². The summed E-state index contributed by atoms with van der Waals surface area (Å²) in [6.45, 7) is 4.32. The zero-order valence-corrected chi connectivity index (χ0v) is 15.5. The number of nitrogens with one attached hydrogen (secondary N) is 1. The molecule has 0 aliphatic carbocycles. The average molecular weight is 390 g/mol. The molecule has 0 radical (unpaired) electrons. The Morgan fingerprint density at radius 3 is 2.69 bits per heavy atom. The lowest BCUT2D eigenvalue weighted by Crippen LogP contribution is -2.15. The monoisotopic (exact) mass is 390 g/mol. The first-order valence-electron chi connectivity index (χ1n) is 7.67. The van der Waals surface area contributed by atoms with E-state index in [1.807, 2.05) is 6.92 Å². The molecule has 1 N–H and O–H groups in total. The summed E-state index contributed by atoms with van der Waals surface area (Å²) in [6, 6.07) is 4.87. The van der Waals surface area contributed by atoms with Gasteiger partial charge < -0.3 is 0 Å². The van der Waals surface area contributed by atoms with Crippen LogP contribution >= 0.6 is 11.7 Å². The molecule has 1 aromatic carbocycles. The highest BCUT2D eigenvalue weighted by molar-refractivity contribution is 7.93. The number of hydrogen-bond acceptors (Lipinski definition) is 8. The summed E-state index contributed by atoms with van der Waals surface area (Å²) in [5, 5.41) is 12.0. The molecule has 4 aromatic rings. The molecule has 4 rings (SSSR count). The quantitative estimate of drug-likeness (QED) is 0.549. The minimum Gasteiger partial charge on any atom is -0.274 e. The van der Waals surface area contributed by atoms with E-state index in [-0.39, 0.29) is 4.90 Å². The molecule has 12 heteroatoms. The molecule has 3 heterocycles. The van der Waals surface area contributed by atoms with Gasteiger partial charge in [-0.1, -0.05) is 6.07 Å². The molecule has 0 fully saturated rings. The van der Waals surface area contributed by atoms with E-state index in [0.717, 1.165) is 11.7 Å². The summed E-state index contributed by atoms with van der Waals surface area (Å²) in [4.78, 5) is 0.0714. The average Bonchev–Trinajstić information content (AvgIpc) is 3.35. The van der Waals surface area contributed by atoms with Crippen LogP contribution in [0.3, 0.4) is 0 Å². The first-order chi connectivity index (χ1) is 12.5. The lowest BCUT2D eigenvalue weighted by molar-refractivity contribution is 0.601.